The third-order valence-corrected chi connectivity index (χ3v) is 9.11. The molecular formula is C44H60O14. The molecule has 0 spiro atoms. The van der Waals surface area contributed by atoms with Gasteiger partial charge in [0.2, 0.25) is 0 Å². The van der Waals surface area contributed by atoms with E-state index in [1.54, 1.807) is 41.5 Å². The van der Waals surface area contributed by atoms with E-state index < -0.39 is 90.1 Å². The Morgan fingerprint density at radius 3 is 1.53 bits per heavy atom. The molecule has 0 bridgehead atoms. The molecule has 2 aliphatic heterocycles. The maximum absolute atomic E-state index is 13.7. The zero-order valence-electron chi connectivity index (χ0n) is 34.6. The minimum atomic E-state index is -1.66. The second-order valence-corrected chi connectivity index (χ2v) is 16.2. The van der Waals surface area contributed by atoms with Crippen LogP contribution in [0, 0.1) is 10.8 Å². The van der Waals surface area contributed by atoms with Crippen molar-refractivity contribution >= 4 is 17.9 Å². The van der Waals surface area contributed by atoms with Crippen molar-refractivity contribution in [1.29, 1.82) is 0 Å². The summed E-state index contributed by atoms with van der Waals surface area (Å²) >= 11 is 0. The number of aliphatic hydroxyl groups is 1. The van der Waals surface area contributed by atoms with Crippen molar-refractivity contribution in [3.8, 4) is 0 Å². The predicted octanol–water partition coefficient (Wildman–Crippen LogP) is 5.24. The van der Waals surface area contributed by atoms with Crippen molar-refractivity contribution in [3.63, 3.8) is 0 Å². The van der Waals surface area contributed by atoms with Crippen molar-refractivity contribution in [3.05, 3.63) is 97.1 Å². The summed E-state index contributed by atoms with van der Waals surface area (Å²) in [5.41, 5.74) is -0.175. The Hall–Kier alpha value is -3.99. The normalized spacial score (nSPS) is 27.6. The summed E-state index contributed by atoms with van der Waals surface area (Å²) in [6, 6.07) is 18.9. The van der Waals surface area contributed by atoms with Crippen LogP contribution in [-0.4, -0.2) is 111 Å². The molecule has 0 radical (unpaired) electrons. The van der Waals surface area contributed by atoms with Gasteiger partial charge in [0.1, 0.15) is 30.5 Å². The SMILES string of the molecule is C=CCO[C@@H]1[C@@H](OC(=O)C(C)(C)C)[C@H](O)O[C@H](COCc2ccccc2)[C@@H]1O[C@@H]1O[C@H](COCc2ccccc2)[C@H](OC(C)=O)[C@H](OCC=C)[C@H]1OC(=O)C(C)(C)C. The highest BCUT2D eigenvalue weighted by atomic mass is 16.8. The van der Waals surface area contributed by atoms with Crippen molar-refractivity contribution in [2.75, 3.05) is 26.4 Å². The third kappa shape index (κ3) is 13.5. The minimum absolute atomic E-state index is 0.0269. The average molecular weight is 813 g/mol. The average Bonchev–Trinajstić information content (AvgIpc) is 3.16. The number of hydrogen-bond donors (Lipinski definition) is 1. The largest absolute Gasteiger partial charge is 0.457 e. The Bertz CT molecular complexity index is 1600. The van der Waals surface area contributed by atoms with E-state index >= 15 is 0 Å². The third-order valence-electron chi connectivity index (χ3n) is 9.11. The number of carbonyl (C=O) groups is 3. The topological polar surface area (TPSA) is 164 Å². The molecule has 2 aliphatic rings. The van der Waals surface area contributed by atoms with E-state index in [9.17, 15) is 19.5 Å². The van der Waals surface area contributed by atoms with Gasteiger partial charge >= 0.3 is 17.9 Å². The zero-order valence-corrected chi connectivity index (χ0v) is 34.6. The van der Waals surface area contributed by atoms with Crippen LogP contribution in [0.15, 0.2) is 86.0 Å². The Labute approximate surface area is 341 Å². The number of hydrogen-bond acceptors (Lipinski definition) is 14. The molecule has 58 heavy (non-hydrogen) atoms. The number of esters is 3. The van der Waals surface area contributed by atoms with Gasteiger partial charge in [0.15, 0.2) is 30.9 Å². The van der Waals surface area contributed by atoms with Crippen molar-refractivity contribution in [2.24, 2.45) is 10.8 Å². The Balaban J connectivity index is 1.79. The highest BCUT2D eigenvalue weighted by Gasteiger charge is 2.56. The summed E-state index contributed by atoms with van der Waals surface area (Å²) in [5, 5.41) is 11.4. The number of aliphatic hydroxyl groups excluding tert-OH is 1. The molecule has 0 aromatic heterocycles. The first-order chi connectivity index (χ1) is 27.5. The van der Waals surface area contributed by atoms with Gasteiger partial charge in [-0.15, -0.1) is 13.2 Å². The van der Waals surface area contributed by atoms with Crippen LogP contribution < -0.4 is 0 Å². The molecule has 2 aromatic rings. The minimum Gasteiger partial charge on any atom is -0.457 e. The van der Waals surface area contributed by atoms with Gasteiger partial charge in [-0.25, -0.2) is 0 Å². The maximum Gasteiger partial charge on any atom is 0.311 e. The Morgan fingerprint density at radius 2 is 1.09 bits per heavy atom. The molecule has 2 saturated heterocycles. The summed E-state index contributed by atoms with van der Waals surface area (Å²) < 4.78 is 62.1. The fourth-order valence-electron chi connectivity index (χ4n) is 6.13. The lowest BCUT2D eigenvalue weighted by Gasteiger charge is -2.49. The first-order valence-electron chi connectivity index (χ1n) is 19.5. The smallest absolute Gasteiger partial charge is 0.311 e. The van der Waals surface area contributed by atoms with E-state index in [1.165, 1.54) is 19.1 Å². The van der Waals surface area contributed by atoms with E-state index in [-0.39, 0.29) is 39.6 Å². The lowest BCUT2D eigenvalue weighted by atomic mass is 9.94. The summed E-state index contributed by atoms with van der Waals surface area (Å²) in [6.07, 6.45) is -9.70. The Morgan fingerprint density at radius 1 is 0.638 bits per heavy atom. The summed E-state index contributed by atoms with van der Waals surface area (Å²) in [5.74, 6) is -1.90. The molecule has 4 rings (SSSR count). The fraction of sp³-hybridized carbons (Fsp3) is 0.568. The van der Waals surface area contributed by atoms with Gasteiger partial charge < -0.3 is 52.5 Å². The van der Waals surface area contributed by atoms with Crippen molar-refractivity contribution in [1.82, 2.24) is 0 Å². The van der Waals surface area contributed by atoms with Gasteiger partial charge in [0.05, 0.1) is 50.5 Å². The van der Waals surface area contributed by atoms with E-state index in [4.69, 9.17) is 47.4 Å². The van der Waals surface area contributed by atoms with Crippen LogP contribution in [0.25, 0.3) is 0 Å². The van der Waals surface area contributed by atoms with Gasteiger partial charge in [0, 0.05) is 6.92 Å². The molecule has 2 heterocycles. The van der Waals surface area contributed by atoms with Crippen LogP contribution in [0.5, 0.6) is 0 Å². The molecule has 0 amide bonds. The summed E-state index contributed by atoms with van der Waals surface area (Å²) in [7, 11) is 0. The molecule has 14 heteroatoms. The molecule has 2 aromatic carbocycles. The lowest BCUT2D eigenvalue weighted by molar-refractivity contribution is -0.363. The Kier molecular flexibility index (Phi) is 17.6. The molecule has 320 valence electrons. The van der Waals surface area contributed by atoms with Gasteiger partial charge in [-0.05, 0) is 52.7 Å². The van der Waals surface area contributed by atoms with Crippen LogP contribution >= 0.6 is 0 Å². The van der Waals surface area contributed by atoms with E-state index in [2.05, 4.69) is 13.2 Å². The molecule has 0 aliphatic carbocycles. The monoisotopic (exact) mass is 812 g/mol. The molecule has 0 unspecified atom stereocenters. The number of benzene rings is 2. The summed E-state index contributed by atoms with van der Waals surface area (Å²) in [6.45, 7) is 19.0. The van der Waals surface area contributed by atoms with Crippen LogP contribution in [0.1, 0.15) is 59.6 Å². The molecule has 14 nitrogen and oxygen atoms in total. The van der Waals surface area contributed by atoms with Crippen molar-refractivity contribution in [2.45, 2.75) is 123 Å². The quantitative estimate of drug-likeness (QED) is 0.111. The molecule has 10 atom stereocenters. The molecule has 1 N–H and O–H groups in total. The standard InChI is InChI=1S/C44H60O14/c1-10-22-51-35-34(31(26-49-24-29-18-14-12-15-19-29)54-39(46)37(35)57-41(47)43(4,5)6)56-40-38(58-42(48)44(7,8)9)36(52-23-11-2)33(53-28(3)45)32(55-40)27-50-25-30-20-16-13-17-21-30/h10-21,31-40,46H,1-2,22-27H2,3-9H3/t31-,32-,33+,34+,35+,36+,37-,38-,39-,40+/m1/s1. The highest BCUT2D eigenvalue weighted by Crippen LogP contribution is 2.36. The van der Waals surface area contributed by atoms with E-state index in [0.29, 0.717) is 0 Å². The van der Waals surface area contributed by atoms with Crippen LogP contribution in [0.2, 0.25) is 0 Å². The predicted molar refractivity (Wildman–Crippen MR) is 211 cm³/mol. The second kappa shape index (κ2) is 21.9. The van der Waals surface area contributed by atoms with E-state index in [0.717, 1.165) is 11.1 Å². The number of ether oxygens (including phenoxy) is 10. The van der Waals surface area contributed by atoms with Crippen LogP contribution in [0.4, 0.5) is 0 Å². The van der Waals surface area contributed by atoms with Gasteiger partial charge in [0.25, 0.3) is 0 Å². The molecule has 2 fully saturated rings. The zero-order chi connectivity index (χ0) is 42.5. The lowest BCUT2D eigenvalue weighted by Crippen LogP contribution is -2.67. The first-order valence-corrected chi connectivity index (χ1v) is 19.5. The van der Waals surface area contributed by atoms with Gasteiger partial charge in [-0.2, -0.15) is 0 Å². The van der Waals surface area contributed by atoms with Crippen molar-refractivity contribution < 1.29 is 66.9 Å². The van der Waals surface area contributed by atoms with Crippen LogP contribution in [-0.2, 0) is 75.0 Å². The number of carbonyl (C=O) groups excluding carboxylic acids is 3. The molecule has 0 saturated carbocycles. The van der Waals surface area contributed by atoms with Gasteiger partial charge in [-0.3, -0.25) is 14.4 Å². The van der Waals surface area contributed by atoms with Gasteiger partial charge in [-0.1, -0.05) is 72.8 Å². The highest BCUT2D eigenvalue weighted by molar-refractivity contribution is 5.76. The molecular weight excluding hydrogens is 752 g/mol. The fourth-order valence-corrected chi connectivity index (χ4v) is 6.13. The van der Waals surface area contributed by atoms with E-state index in [1.807, 2.05) is 60.7 Å². The maximum atomic E-state index is 13.7. The van der Waals surface area contributed by atoms with Crippen LogP contribution in [0.3, 0.4) is 0 Å². The summed E-state index contributed by atoms with van der Waals surface area (Å²) in [4.78, 5) is 39.6. The first kappa shape index (κ1) is 46.7. The number of rotatable bonds is 19. The second-order valence-electron chi connectivity index (χ2n) is 16.2.